The van der Waals surface area contributed by atoms with Crippen molar-refractivity contribution in [1.29, 1.82) is 0 Å². The molecule has 1 aliphatic rings. The van der Waals surface area contributed by atoms with E-state index in [1.807, 2.05) is 24.3 Å². The van der Waals surface area contributed by atoms with Gasteiger partial charge in [0, 0.05) is 36.5 Å². The van der Waals surface area contributed by atoms with Gasteiger partial charge in [-0.05, 0) is 50.3 Å². The van der Waals surface area contributed by atoms with E-state index >= 15 is 0 Å². The minimum Gasteiger partial charge on any atom is -0.480 e. The molecule has 1 fully saturated rings. The topological polar surface area (TPSA) is 227 Å². The van der Waals surface area contributed by atoms with E-state index in [0.717, 1.165) is 16.5 Å². The predicted octanol–water partition coefficient (Wildman–Crippen LogP) is -0.523. The highest BCUT2D eigenvalue weighted by Crippen LogP contribution is 2.22. The smallest absolute Gasteiger partial charge is 0.326 e. The van der Waals surface area contributed by atoms with Gasteiger partial charge < -0.3 is 42.8 Å². The van der Waals surface area contributed by atoms with Crippen LogP contribution in [0, 0.1) is 0 Å². The molecule has 1 saturated heterocycles. The minimum absolute atomic E-state index is 0.0467. The summed E-state index contributed by atoms with van der Waals surface area (Å²) in [6.45, 7) is 0.708. The average Bonchev–Trinajstić information content (AvgIpc) is 3.58. The van der Waals surface area contributed by atoms with Gasteiger partial charge in [0.2, 0.25) is 23.6 Å². The predicted molar refractivity (Wildman–Crippen MR) is 148 cm³/mol. The van der Waals surface area contributed by atoms with Gasteiger partial charge in [-0.15, -0.1) is 0 Å². The summed E-state index contributed by atoms with van der Waals surface area (Å²) in [7, 11) is 0. The standard InChI is InChI=1S/C27H39N7O6/c28-12-4-3-7-18(29)24(36)32-20(10-11-23(30)35)26(38)34-13-5-9-22(34)25(37)33-21(27(39)40)14-16-15-31-19-8-2-1-6-17(16)19/h1-2,6,8,15,18,20-22,31H,3-5,7,9-14,28-29H2,(H2,30,35)(H,32,36)(H,33,37)(H,39,40). The van der Waals surface area contributed by atoms with Gasteiger partial charge in [-0.25, -0.2) is 4.79 Å². The lowest BCUT2D eigenvalue weighted by Gasteiger charge is -2.30. The molecule has 0 radical (unpaired) electrons. The summed E-state index contributed by atoms with van der Waals surface area (Å²) in [4.78, 5) is 67.4. The number of nitrogens with zero attached hydrogens (tertiary/aromatic N) is 1. The number of amides is 4. The van der Waals surface area contributed by atoms with Gasteiger partial charge in [0.05, 0.1) is 6.04 Å². The fraction of sp³-hybridized carbons (Fsp3) is 0.519. The number of carbonyl (C=O) groups excluding carboxylic acids is 4. The Morgan fingerprint density at radius 3 is 2.52 bits per heavy atom. The van der Waals surface area contributed by atoms with Crippen LogP contribution in [0.5, 0.6) is 0 Å². The van der Waals surface area contributed by atoms with E-state index in [4.69, 9.17) is 17.2 Å². The van der Waals surface area contributed by atoms with Crippen LogP contribution in [0.2, 0.25) is 0 Å². The largest absolute Gasteiger partial charge is 0.480 e. The van der Waals surface area contributed by atoms with Gasteiger partial charge in [-0.2, -0.15) is 0 Å². The summed E-state index contributed by atoms with van der Waals surface area (Å²) in [6.07, 6.45) is 4.10. The fourth-order valence-electron chi connectivity index (χ4n) is 4.95. The van der Waals surface area contributed by atoms with E-state index in [0.29, 0.717) is 38.6 Å². The highest BCUT2D eigenvalue weighted by molar-refractivity contribution is 5.95. The van der Waals surface area contributed by atoms with E-state index in [2.05, 4.69) is 15.6 Å². The van der Waals surface area contributed by atoms with Crippen molar-refractivity contribution >= 4 is 40.5 Å². The second kappa shape index (κ2) is 14.4. The van der Waals surface area contributed by atoms with E-state index in [-0.39, 0.29) is 25.8 Å². The van der Waals surface area contributed by atoms with Crippen LogP contribution in [0.25, 0.3) is 10.9 Å². The first-order valence-electron chi connectivity index (χ1n) is 13.5. The lowest BCUT2D eigenvalue weighted by molar-refractivity contribution is -0.145. The van der Waals surface area contributed by atoms with Crippen molar-refractivity contribution < 1.29 is 29.1 Å². The third kappa shape index (κ3) is 8.02. The molecule has 4 amide bonds. The number of H-pyrrole nitrogens is 1. The molecule has 218 valence electrons. The molecule has 0 bridgehead atoms. The maximum atomic E-state index is 13.5. The van der Waals surface area contributed by atoms with Gasteiger partial charge in [0.1, 0.15) is 18.1 Å². The van der Waals surface area contributed by atoms with Gasteiger partial charge >= 0.3 is 5.97 Å². The van der Waals surface area contributed by atoms with E-state index in [1.165, 1.54) is 4.90 Å². The number of hydrogen-bond donors (Lipinski definition) is 7. The molecule has 4 atom stereocenters. The Bertz CT molecular complexity index is 1210. The zero-order valence-corrected chi connectivity index (χ0v) is 22.4. The molecular formula is C27H39N7O6. The molecule has 40 heavy (non-hydrogen) atoms. The molecule has 1 aromatic carbocycles. The second-order valence-electron chi connectivity index (χ2n) is 10.1. The Balaban J connectivity index is 1.70. The number of aromatic nitrogens is 1. The van der Waals surface area contributed by atoms with Crippen molar-refractivity contribution in [2.45, 2.75) is 75.5 Å². The van der Waals surface area contributed by atoms with Gasteiger partial charge in [-0.1, -0.05) is 24.6 Å². The molecule has 0 saturated carbocycles. The third-order valence-electron chi connectivity index (χ3n) is 7.15. The summed E-state index contributed by atoms with van der Waals surface area (Å²) in [5.41, 5.74) is 18.3. The molecule has 2 aromatic rings. The Labute approximate surface area is 232 Å². The Morgan fingerprint density at radius 2 is 1.82 bits per heavy atom. The van der Waals surface area contributed by atoms with Crippen LogP contribution in [0.1, 0.15) is 50.5 Å². The molecule has 13 nitrogen and oxygen atoms in total. The van der Waals surface area contributed by atoms with Crippen molar-refractivity contribution in [3.05, 3.63) is 36.0 Å². The molecule has 4 unspecified atom stereocenters. The van der Waals surface area contributed by atoms with Gasteiger partial charge in [0.15, 0.2) is 0 Å². The zero-order chi connectivity index (χ0) is 29.2. The lowest BCUT2D eigenvalue weighted by Crippen LogP contribution is -2.57. The first kappa shape index (κ1) is 30.6. The summed E-state index contributed by atoms with van der Waals surface area (Å²) < 4.78 is 0. The van der Waals surface area contributed by atoms with Crippen LogP contribution in [-0.4, -0.2) is 81.8 Å². The number of likely N-dealkylation sites (tertiary alicyclic amines) is 1. The van der Waals surface area contributed by atoms with Crippen LogP contribution in [-0.2, 0) is 30.4 Å². The number of carboxylic acids is 1. The highest BCUT2D eigenvalue weighted by atomic mass is 16.4. The molecule has 0 aliphatic carbocycles. The zero-order valence-electron chi connectivity index (χ0n) is 22.4. The number of benzene rings is 1. The number of fused-ring (bicyclic) bond motifs is 1. The number of hydrogen-bond acceptors (Lipinski definition) is 7. The molecule has 0 spiro atoms. The first-order chi connectivity index (χ1) is 19.1. The van der Waals surface area contributed by atoms with E-state index in [9.17, 15) is 29.1 Å². The third-order valence-corrected chi connectivity index (χ3v) is 7.15. The van der Waals surface area contributed by atoms with Crippen LogP contribution in [0.15, 0.2) is 30.5 Å². The van der Waals surface area contributed by atoms with Crippen LogP contribution >= 0.6 is 0 Å². The fourth-order valence-corrected chi connectivity index (χ4v) is 4.95. The van der Waals surface area contributed by atoms with Crippen LogP contribution in [0.3, 0.4) is 0 Å². The summed E-state index contributed by atoms with van der Waals surface area (Å²) >= 11 is 0. The van der Waals surface area contributed by atoms with Crippen molar-refractivity contribution in [2.24, 2.45) is 17.2 Å². The van der Waals surface area contributed by atoms with Crippen molar-refractivity contribution in [2.75, 3.05) is 13.1 Å². The second-order valence-corrected chi connectivity index (χ2v) is 10.1. The quantitative estimate of drug-likeness (QED) is 0.141. The summed E-state index contributed by atoms with van der Waals surface area (Å²) in [6, 6.07) is 3.31. The van der Waals surface area contributed by atoms with Crippen LogP contribution < -0.4 is 27.8 Å². The number of aromatic amines is 1. The number of carbonyl (C=O) groups is 5. The highest BCUT2D eigenvalue weighted by Gasteiger charge is 2.39. The molecule has 3 rings (SSSR count). The number of primary amides is 1. The van der Waals surface area contributed by atoms with E-state index < -0.39 is 53.8 Å². The van der Waals surface area contributed by atoms with Crippen LogP contribution in [0.4, 0.5) is 0 Å². The molecule has 10 N–H and O–H groups in total. The molecule has 2 heterocycles. The average molecular weight is 558 g/mol. The lowest BCUT2D eigenvalue weighted by atomic mass is 10.0. The number of aliphatic carboxylic acids is 1. The number of unbranched alkanes of at least 4 members (excludes halogenated alkanes) is 1. The number of rotatable bonds is 15. The Morgan fingerprint density at radius 1 is 1.07 bits per heavy atom. The minimum atomic E-state index is -1.22. The number of carboxylic acid groups (broad SMARTS) is 1. The van der Waals surface area contributed by atoms with Gasteiger partial charge in [0.25, 0.3) is 0 Å². The monoisotopic (exact) mass is 557 g/mol. The number of nitrogens with two attached hydrogens (primary N) is 3. The number of nitrogens with one attached hydrogen (secondary N) is 3. The Kier molecular flexibility index (Phi) is 11.0. The van der Waals surface area contributed by atoms with Crippen molar-refractivity contribution in [1.82, 2.24) is 20.5 Å². The maximum absolute atomic E-state index is 13.5. The van der Waals surface area contributed by atoms with E-state index in [1.54, 1.807) is 6.20 Å². The number of para-hydroxylation sites is 1. The van der Waals surface area contributed by atoms with Gasteiger partial charge in [-0.3, -0.25) is 19.2 Å². The molecular weight excluding hydrogens is 518 g/mol. The maximum Gasteiger partial charge on any atom is 0.326 e. The normalized spacial score (nSPS) is 17.2. The SMILES string of the molecule is NCCCCC(N)C(=O)NC(CCC(N)=O)C(=O)N1CCCC1C(=O)NC(Cc1c[nH]c2ccccc12)C(=O)O. The molecule has 1 aromatic heterocycles. The summed E-state index contributed by atoms with van der Waals surface area (Å²) in [5.74, 6) is -3.55. The Hall–Kier alpha value is -3.97. The van der Waals surface area contributed by atoms with Crippen molar-refractivity contribution in [3.8, 4) is 0 Å². The first-order valence-corrected chi connectivity index (χ1v) is 13.5. The molecule has 1 aliphatic heterocycles. The summed E-state index contributed by atoms with van der Waals surface area (Å²) in [5, 5.41) is 15.9. The molecule has 13 heteroatoms. The van der Waals surface area contributed by atoms with Crippen molar-refractivity contribution in [3.63, 3.8) is 0 Å².